The number of aromatic carboxylic acids is 1. The van der Waals surface area contributed by atoms with E-state index in [1.54, 1.807) is 24.5 Å². The first-order chi connectivity index (χ1) is 9.63. The minimum atomic E-state index is -1.32. The fourth-order valence-corrected chi connectivity index (χ4v) is 2.24. The summed E-state index contributed by atoms with van der Waals surface area (Å²) in [5.74, 6) is -1.49. The zero-order valence-corrected chi connectivity index (χ0v) is 14.1. The number of hydrogen-bond acceptors (Lipinski definition) is 4. The molecule has 0 bridgehead atoms. The van der Waals surface area contributed by atoms with Crippen molar-refractivity contribution in [2.24, 2.45) is 0 Å². The van der Waals surface area contributed by atoms with Gasteiger partial charge in [0.25, 0.3) is 0 Å². The number of benzene rings is 1. The van der Waals surface area contributed by atoms with Crippen molar-refractivity contribution in [3.63, 3.8) is 0 Å². The predicted octanol–water partition coefficient (Wildman–Crippen LogP) is -0.560. The van der Waals surface area contributed by atoms with Crippen LogP contribution in [-0.4, -0.2) is 11.0 Å². The van der Waals surface area contributed by atoms with Crippen LogP contribution in [-0.2, 0) is 6.42 Å². The van der Waals surface area contributed by atoms with E-state index in [1.165, 1.54) is 6.07 Å². The van der Waals surface area contributed by atoms with Gasteiger partial charge in [-0.05, 0) is 35.4 Å². The molecule has 0 aliphatic heterocycles. The first-order valence-corrected chi connectivity index (χ1v) is 6.33. The molecule has 3 rings (SSSR count). The fourth-order valence-electron chi connectivity index (χ4n) is 2.06. The number of carbonyl (C=O) groups excluding carboxylic acids is 1. The summed E-state index contributed by atoms with van der Waals surface area (Å²) in [4.78, 5) is 14.8. The molecular formula is C15H9ClNNaO3. The van der Waals surface area contributed by atoms with Gasteiger partial charge in [0.05, 0.1) is 0 Å². The van der Waals surface area contributed by atoms with E-state index >= 15 is 0 Å². The second-order valence-corrected chi connectivity index (χ2v) is 4.82. The Balaban J connectivity index is 0.00000161. The maximum atomic E-state index is 10.8. The van der Waals surface area contributed by atoms with Gasteiger partial charge in [0.1, 0.15) is 11.6 Å². The van der Waals surface area contributed by atoms with E-state index in [2.05, 4.69) is 4.98 Å². The molecule has 1 aromatic carbocycles. The summed E-state index contributed by atoms with van der Waals surface area (Å²) in [6.45, 7) is 0. The Morgan fingerprint density at radius 2 is 2.10 bits per heavy atom. The summed E-state index contributed by atoms with van der Waals surface area (Å²) < 4.78 is 5.16. The molecule has 2 aromatic heterocycles. The van der Waals surface area contributed by atoms with Crippen molar-refractivity contribution >= 4 is 28.5 Å². The number of carbonyl (C=O) groups is 1. The van der Waals surface area contributed by atoms with Gasteiger partial charge in [-0.2, -0.15) is 0 Å². The summed E-state index contributed by atoms with van der Waals surface area (Å²) in [5, 5.41) is 12.1. The number of carboxylic acid groups (broad SMARTS) is 1. The molecule has 2 heterocycles. The molecule has 6 heteroatoms. The van der Waals surface area contributed by atoms with Crippen molar-refractivity contribution in [1.29, 1.82) is 0 Å². The second kappa shape index (κ2) is 6.62. The van der Waals surface area contributed by atoms with Gasteiger partial charge in [0, 0.05) is 29.2 Å². The normalized spacial score (nSPS) is 10.3. The van der Waals surface area contributed by atoms with Crippen molar-refractivity contribution in [3.8, 4) is 0 Å². The summed E-state index contributed by atoms with van der Waals surface area (Å²) >= 11 is 6.09. The number of halogens is 1. The molecular weight excluding hydrogens is 301 g/mol. The van der Waals surface area contributed by atoms with Crippen molar-refractivity contribution in [1.82, 2.24) is 4.98 Å². The van der Waals surface area contributed by atoms with Crippen LogP contribution in [0.15, 0.2) is 47.1 Å². The van der Waals surface area contributed by atoms with Gasteiger partial charge in [-0.3, -0.25) is 4.98 Å². The number of furan rings is 1. The van der Waals surface area contributed by atoms with E-state index in [0.717, 1.165) is 16.5 Å². The minimum absolute atomic E-state index is 0. The van der Waals surface area contributed by atoms with Gasteiger partial charge in [-0.15, -0.1) is 0 Å². The zero-order valence-electron chi connectivity index (χ0n) is 11.3. The summed E-state index contributed by atoms with van der Waals surface area (Å²) in [6, 6.07) is 8.67. The van der Waals surface area contributed by atoms with E-state index in [4.69, 9.17) is 16.0 Å². The van der Waals surface area contributed by atoms with Crippen molar-refractivity contribution in [2.45, 2.75) is 6.42 Å². The molecule has 0 N–H and O–H groups in total. The van der Waals surface area contributed by atoms with Crippen LogP contribution in [0.1, 0.15) is 21.7 Å². The van der Waals surface area contributed by atoms with Crippen LogP contribution in [0.2, 0.25) is 5.02 Å². The Bertz CT molecular complexity index is 800. The predicted molar refractivity (Wildman–Crippen MR) is 72.6 cm³/mol. The molecule has 4 nitrogen and oxygen atoms in total. The van der Waals surface area contributed by atoms with Crippen LogP contribution in [0.25, 0.3) is 11.0 Å². The first-order valence-electron chi connectivity index (χ1n) is 5.96. The number of rotatable bonds is 3. The molecule has 0 spiro atoms. The minimum Gasteiger partial charge on any atom is -0.542 e. The second-order valence-electron chi connectivity index (χ2n) is 4.41. The van der Waals surface area contributed by atoms with Crippen molar-refractivity contribution in [2.75, 3.05) is 0 Å². The Morgan fingerprint density at radius 1 is 1.29 bits per heavy atom. The molecule has 0 aliphatic rings. The van der Waals surface area contributed by atoms with Gasteiger partial charge in [0.15, 0.2) is 5.76 Å². The molecule has 0 saturated heterocycles. The molecule has 0 aliphatic carbocycles. The Kier molecular flexibility index (Phi) is 5.06. The first kappa shape index (κ1) is 16.0. The molecule has 0 atom stereocenters. The Hall–Kier alpha value is -1.33. The standard InChI is InChI=1S/C15H10ClNO3.Na/c16-12-3-4-17-8-11(12)6-9-1-2-13-10(5-9)7-14(20-13)15(18)19;/h1-5,7-8H,6H2,(H,18,19);/q;+1/p-1. The van der Waals surface area contributed by atoms with Crippen LogP contribution < -0.4 is 34.7 Å². The van der Waals surface area contributed by atoms with Gasteiger partial charge < -0.3 is 14.3 Å². The molecule has 21 heavy (non-hydrogen) atoms. The average Bonchev–Trinajstić information content (AvgIpc) is 2.85. The maximum absolute atomic E-state index is 10.8. The van der Waals surface area contributed by atoms with Crippen LogP contribution in [0.3, 0.4) is 0 Å². The summed E-state index contributed by atoms with van der Waals surface area (Å²) in [5.41, 5.74) is 2.43. The molecule has 0 fully saturated rings. The van der Waals surface area contributed by atoms with Gasteiger partial charge >= 0.3 is 29.6 Å². The summed E-state index contributed by atoms with van der Waals surface area (Å²) in [7, 11) is 0. The van der Waals surface area contributed by atoms with Gasteiger partial charge in [-0.1, -0.05) is 17.7 Å². The SMILES string of the molecule is O=C([O-])c1cc2cc(Cc3cnccc3Cl)ccc2o1.[Na+]. The third-order valence-corrected chi connectivity index (χ3v) is 3.39. The molecule has 0 saturated carbocycles. The topological polar surface area (TPSA) is 66.2 Å². The number of hydrogen-bond donors (Lipinski definition) is 0. The number of pyridine rings is 1. The number of aromatic nitrogens is 1. The average molecular weight is 310 g/mol. The monoisotopic (exact) mass is 309 g/mol. The molecule has 100 valence electrons. The molecule has 0 unspecified atom stereocenters. The van der Waals surface area contributed by atoms with Crippen LogP contribution >= 0.6 is 11.6 Å². The number of carboxylic acids is 1. The molecule has 3 aromatic rings. The van der Waals surface area contributed by atoms with Crippen molar-refractivity contribution in [3.05, 3.63) is 64.6 Å². The van der Waals surface area contributed by atoms with E-state index in [-0.39, 0.29) is 35.3 Å². The van der Waals surface area contributed by atoms with Crippen LogP contribution in [0.5, 0.6) is 0 Å². The third-order valence-electron chi connectivity index (χ3n) is 3.02. The van der Waals surface area contributed by atoms with E-state index in [0.29, 0.717) is 17.0 Å². The number of nitrogens with zero attached hydrogens (tertiary/aromatic N) is 1. The van der Waals surface area contributed by atoms with E-state index in [1.807, 2.05) is 12.1 Å². The van der Waals surface area contributed by atoms with Gasteiger partial charge in [-0.25, -0.2) is 0 Å². The van der Waals surface area contributed by atoms with Crippen LogP contribution in [0.4, 0.5) is 0 Å². The summed E-state index contributed by atoms with van der Waals surface area (Å²) in [6.07, 6.45) is 3.97. The molecule has 0 radical (unpaired) electrons. The Morgan fingerprint density at radius 3 is 2.81 bits per heavy atom. The quantitative estimate of drug-likeness (QED) is 0.608. The number of fused-ring (bicyclic) bond motifs is 1. The van der Waals surface area contributed by atoms with E-state index < -0.39 is 5.97 Å². The van der Waals surface area contributed by atoms with Gasteiger partial charge in [0.2, 0.25) is 0 Å². The maximum Gasteiger partial charge on any atom is 1.00 e. The van der Waals surface area contributed by atoms with E-state index in [9.17, 15) is 9.90 Å². The van der Waals surface area contributed by atoms with Crippen LogP contribution in [0, 0.1) is 0 Å². The third kappa shape index (κ3) is 3.47. The zero-order chi connectivity index (χ0) is 14.1. The van der Waals surface area contributed by atoms with Crippen molar-refractivity contribution < 1.29 is 43.9 Å². The smallest absolute Gasteiger partial charge is 0.542 e. The molecule has 0 amide bonds. The largest absolute Gasteiger partial charge is 1.00 e. The Labute approximate surface area is 148 Å². The fraction of sp³-hybridized carbons (Fsp3) is 0.0667.